The van der Waals surface area contributed by atoms with E-state index >= 15 is 0 Å². The molecule has 1 aromatic rings. The topological polar surface area (TPSA) is 29.9 Å². The normalized spacial score (nSPS) is 22.5. The van der Waals surface area contributed by atoms with Gasteiger partial charge in [0.2, 0.25) is 0 Å². The van der Waals surface area contributed by atoms with Crippen LogP contribution in [-0.4, -0.2) is 22.9 Å². The van der Waals surface area contributed by atoms with E-state index in [1.165, 1.54) is 37.2 Å². The summed E-state index contributed by atoms with van der Waals surface area (Å²) in [6, 6.07) is 0. The average Bonchev–Trinajstić information content (AvgIpc) is 2.71. The molecule has 1 N–H and O–H groups in total. The van der Waals surface area contributed by atoms with E-state index in [2.05, 4.69) is 17.3 Å². The highest BCUT2D eigenvalue weighted by molar-refractivity contribution is 5.16. The smallest absolute Gasteiger partial charge is 0.0524 e. The van der Waals surface area contributed by atoms with Gasteiger partial charge in [-0.2, -0.15) is 5.10 Å². The van der Waals surface area contributed by atoms with Gasteiger partial charge in [0.1, 0.15) is 0 Å². The lowest BCUT2D eigenvalue weighted by molar-refractivity contribution is 0.577. The van der Waals surface area contributed by atoms with Gasteiger partial charge in [-0.05, 0) is 44.3 Å². The Bertz CT molecular complexity index is 284. The minimum atomic E-state index is 0.822. The van der Waals surface area contributed by atoms with E-state index in [0.29, 0.717) is 0 Å². The molecule has 1 atom stereocenters. The first-order chi connectivity index (χ1) is 6.27. The van der Waals surface area contributed by atoms with E-state index in [1.807, 2.05) is 17.9 Å². The molecule has 0 aliphatic carbocycles. The number of nitrogens with zero attached hydrogens (tertiary/aromatic N) is 2. The molecule has 13 heavy (non-hydrogen) atoms. The van der Waals surface area contributed by atoms with Gasteiger partial charge in [0.15, 0.2) is 0 Å². The molecule has 2 heterocycles. The molecule has 1 aliphatic heterocycles. The van der Waals surface area contributed by atoms with Crippen LogP contribution in [0.25, 0.3) is 0 Å². The van der Waals surface area contributed by atoms with Crippen molar-refractivity contribution in [1.82, 2.24) is 15.1 Å². The van der Waals surface area contributed by atoms with Crippen molar-refractivity contribution in [2.75, 3.05) is 13.1 Å². The first-order valence-corrected chi connectivity index (χ1v) is 4.95. The molecule has 3 nitrogen and oxygen atoms in total. The van der Waals surface area contributed by atoms with Crippen LogP contribution in [0.4, 0.5) is 0 Å². The molecule has 2 rings (SSSR count). The summed E-state index contributed by atoms with van der Waals surface area (Å²) in [4.78, 5) is 0. The molecular weight excluding hydrogens is 162 g/mol. The molecule has 0 bridgehead atoms. The number of hydrogen-bond donors (Lipinski definition) is 1. The van der Waals surface area contributed by atoms with Crippen LogP contribution in [0.1, 0.15) is 17.7 Å². The number of rotatable bonds is 2. The van der Waals surface area contributed by atoms with Crippen molar-refractivity contribution < 1.29 is 0 Å². The van der Waals surface area contributed by atoms with Gasteiger partial charge in [0, 0.05) is 12.7 Å². The van der Waals surface area contributed by atoms with E-state index in [-0.39, 0.29) is 0 Å². The number of hydrogen-bond acceptors (Lipinski definition) is 2. The van der Waals surface area contributed by atoms with Gasteiger partial charge in [-0.1, -0.05) is 0 Å². The first kappa shape index (κ1) is 8.75. The zero-order chi connectivity index (χ0) is 9.26. The second kappa shape index (κ2) is 3.50. The number of nitrogens with one attached hydrogen (secondary N) is 1. The van der Waals surface area contributed by atoms with Crippen molar-refractivity contribution in [3.05, 3.63) is 17.5 Å². The third-order valence-electron chi connectivity index (χ3n) is 3.01. The largest absolute Gasteiger partial charge is 0.316 e. The molecule has 1 aliphatic rings. The lowest BCUT2D eigenvalue weighted by Crippen LogP contribution is -2.11. The van der Waals surface area contributed by atoms with Crippen LogP contribution >= 0.6 is 0 Å². The Morgan fingerprint density at radius 1 is 1.69 bits per heavy atom. The Morgan fingerprint density at radius 3 is 3.08 bits per heavy atom. The maximum absolute atomic E-state index is 4.25. The minimum absolute atomic E-state index is 0.822. The van der Waals surface area contributed by atoms with Gasteiger partial charge in [0.05, 0.1) is 6.20 Å². The summed E-state index contributed by atoms with van der Waals surface area (Å²) in [5, 5.41) is 7.65. The van der Waals surface area contributed by atoms with Crippen LogP contribution < -0.4 is 5.32 Å². The molecule has 0 amide bonds. The molecule has 3 heteroatoms. The minimum Gasteiger partial charge on any atom is -0.316 e. The summed E-state index contributed by atoms with van der Waals surface area (Å²) >= 11 is 0. The molecular formula is C10H17N3. The molecule has 0 spiro atoms. The number of aryl methyl sites for hydroxylation is 1. The maximum Gasteiger partial charge on any atom is 0.0524 e. The quantitative estimate of drug-likeness (QED) is 0.730. The van der Waals surface area contributed by atoms with Crippen LogP contribution in [0.3, 0.4) is 0 Å². The summed E-state index contributed by atoms with van der Waals surface area (Å²) < 4.78 is 1.96. The highest BCUT2D eigenvalue weighted by Gasteiger charge is 2.16. The fourth-order valence-electron chi connectivity index (χ4n) is 1.94. The molecule has 72 valence electrons. The van der Waals surface area contributed by atoms with Gasteiger partial charge in [0.25, 0.3) is 0 Å². The van der Waals surface area contributed by atoms with Crippen molar-refractivity contribution in [1.29, 1.82) is 0 Å². The molecule has 0 radical (unpaired) electrons. The van der Waals surface area contributed by atoms with Gasteiger partial charge in [-0.15, -0.1) is 0 Å². The SMILES string of the molecule is Cc1c(CC2CCNC2)cnn1C. The summed E-state index contributed by atoms with van der Waals surface area (Å²) in [5.74, 6) is 0.822. The van der Waals surface area contributed by atoms with Gasteiger partial charge >= 0.3 is 0 Å². The Balaban J connectivity index is 2.04. The molecule has 1 aromatic heterocycles. The predicted octanol–water partition coefficient (Wildman–Crippen LogP) is 0.881. The molecule has 1 unspecified atom stereocenters. The monoisotopic (exact) mass is 179 g/mol. The van der Waals surface area contributed by atoms with Crippen molar-refractivity contribution in [3.8, 4) is 0 Å². The standard InChI is InChI=1S/C10H17N3/c1-8-10(7-12-13(8)2)5-9-3-4-11-6-9/h7,9,11H,3-6H2,1-2H3. The van der Waals surface area contributed by atoms with E-state index in [1.54, 1.807) is 0 Å². The summed E-state index contributed by atoms with van der Waals surface area (Å²) in [5.41, 5.74) is 2.73. The van der Waals surface area contributed by atoms with Gasteiger partial charge in [-0.25, -0.2) is 0 Å². The Morgan fingerprint density at radius 2 is 2.54 bits per heavy atom. The molecule has 1 fully saturated rings. The average molecular weight is 179 g/mol. The summed E-state index contributed by atoms with van der Waals surface area (Å²) in [6.07, 6.45) is 4.51. The Labute approximate surface area is 79.1 Å². The zero-order valence-electron chi connectivity index (χ0n) is 8.38. The fraction of sp³-hybridized carbons (Fsp3) is 0.700. The first-order valence-electron chi connectivity index (χ1n) is 4.95. The van der Waals surface area contributed by atoms with Crippen molar-refractivity contribution in [3.63, 3.8) is 0 Å². The van der Waals surface area contributed by atoms with Crippen LogP contribution in [-0.2, 0) is 13.5 Å². The highest BCUT2D eigenvalue weighted by Crippen LogP contribution is 2.16. The lowest BCUT2D eigenvalue weighted by atomic mass is 9.99. The number of aromatic nitrogens is 2. The Hall–Kier alpha value is -0.830. The van der Waals surface area contributed by atoms with Crippen molar-refractivity contribution >= 4 is 0 Å². The van der Waals surface area contributed by atoms with Crippen LogP contribution in [0.2, 0.25) is 0 Å². The van der Waals surface area contributed by atoms with E-state index < -0.39 is 0 Å². The van der Waals surface area contributed by atoms with Crippen molar-refractivity contribution in [2.45, 2.75) is 19.8 Å². The van der Waals surface area contributed by atoms with E-state index in [9.17, 15) is 0 Å². The third kappa shape index (κ3) is 1.75. The molecule has 1 saturated heterocycles. The maximum atomic E-state index is 4.25. The highest BCUT2D eigenvalue weighted by atomic mass is 15.3. The molecule has 0 aromatic carbocycles. The second-order valence-corrected chi connectivity index (χ2v) is 3.94. The zero-order valence-corrected chi connectivity index (χ0v) is 8.38. The predicted molar refractivity (Wildman–Crippen MR) is 52.6 cm³/mol. The third-order valence-corrected chi connectivity index (χ3v) is 3.01. The summed E-state index contributed by atoms with van der Waals surface area (Å²) in [7, 11) is 2.01. The van der Waals surface area contributed by atoms with Gasteiger partial charge < -0.3 is 5.32 Å². The second-order valence-electron chi connectivity index (χ2n) is 3.94. The Kier molecular flexibility index (Phi) is 2.36. The van der Waals surface area contributed by atoms with Crippen LogP contribution in [0.15, 0.2) is 6.20 Å². The molecule has 0 saturated carbocycles. The van der Waals surface area contributed by atoms with E-state index in [4.69, 9.17) is 0 Å². The summed E-state index contributed by atoms with van der Waals surface area (Å²) in [6.45, 7) is 4.50. The fourth-order valence-corrected chi connectivity index (χ4v) is 1.94. The van der Waals surface area contributed by atoms with E-state index in [0.717, 1.165) is 5.92 Å². The lowest BCUT2D eigenvalue weighted by Gasteiger charge is -2.06. The van der Waals surface area contributed by atoms with Gasteiger partial charge in [-0.3, -0.25) is 4.68 Å². The van der Waals surface area contributed by atoms with Crippen molar-refractivity contribution in [2.24, 2.45) is 13.0 Å². The van der Waals surface area contributed by atoms with Crippen LogP contribution in [0, 0.1) is 12.8 Å². The van der Waals surface area contributed by atoms with Crippen LogP contribution in [0.5, 0.6) is 0 Å².